The van der Waals surface area contributed by atoms with Crippen molar-refractivity contribution in [3.05, 3.63) is 66.9 Å². The fraction of sp³-hybridized carbons (Fsp3) is 0.333. The van der Waals surface area contributed by atoms with Crippen LogP contribution in [0.3, 0.4) is 0 Å². The number of amides is 1. The molecule has 0 saturated carbocycles. The number of nitrogens with one attached hydrogen (secondary N) is 2. The maximum atomic E-state index is 12.6. The number of ether oxygens (including phenoxy) is 2. The third-order valence-electron chi connectivity index (χ3n) is 6.82. The van der Waals surface area contributed by atoms with Gasteiger partial charge in [-0.15, -0.1) is 0 Å². The van der Waals surface area contributed by atoms with E-state index in [4.69, 9.17) is 14.5 Å². The number of benzene rings is 1. The topological polar surface area (TPSA) is 132 Å². The second-order valence-corrected chi connectivity index (χ2v) is 11.3. The molecule has 42 heavy (non-hydrogen) atoms. The minimum Gasteiger partial charge on any atom is -0.457 e. The summed E-state index contributed by atoms with van der Waals surface area (Å²) < 4.78 is 13.4. The summed E-state index contributed by atoms with van der Waals surface area (Å²) in [6, 6.07) is 13.4. The van der Waals surface area contributed by atoms with Gasteiger partial charge in [-0.1, -0.05) is 0 Å². The number of nitrogens with zero attached hydrogens (tertiary/aromatic N) is 7. The lowest BCUT2D eigenvalue weighted by Crippen LogP contribution is -2.47. The van der Waals surface area contributed by atoms with E-state index in [0.717, 1.165) is 35.4 Å². The molecular weight excluding hydrogens is 534 g/mol. The van der Waals surface area contributed by atoms with Gasteiger partial charge in [0, 0.05) is 37.1 Å². The highest BCUT2D eigenvalue weighted by molar-refractivity contribution is 5.88. The Hall–Kier alpha value is -5.00. The number of hydrogen-bond donors (Lipinski definition) is 2. The van der Waals surface area contributed by atoms with Crippen LogP contribution in [-0.4, -0.2) is 65.3 Å². The number of aromatic nitrogens is 6. The van der Waals surface area contributed by atoms with Crippen LogP contribution in [0.5, 0.6) is 11.5 Å². The molecular formula is C30H33N9O3. The van der Waals surface area contributed by atoms with Crippen molar-refractivity contribution in [2.24, 2.45) is 0 Å². The third kappa shape index (κ3) is 6.17. The Morgan fingerprint density at radius 3 is 2.76 bits per heavy atom. The predicted molar refractivity (Wildman–Crippen MR) is 159 cm³/mol. The molecule has 0 aliphatic carbocycles. The molecule has 1 saturated heterocycles. The molecule has 1 atom stereocenters. The van der Waals surface area contributed by atoms with E-state index in [1.165, 1.54) is 12.7 Å². The second-order valence-electron chi connectivity index (χ2n) is 11.3. The number of hydrogen-bond acceptors (Lipinski definition) is 10. The second kappa shape index (κ2) is 11.1. The lowest BCUT2D eigenvalue weighted by Gasteiger charge is -2.34. The summed E-state index contributed by atoms with van der Waals surface area (Å²) >= 11 is 0. The zero-order valence-electron chi connectivity index (χ0n) is 24.0. The number of piperidine rings is 1. The highest BCUT2D eigenvalue weighted by atomic mass is 16.6. The molecule has 1 amide bonds. The molecule has 1 fully saturated rings. The SMILES string of the molecule is Cc1cc(Nc2ncnc3ccc(N[C@@H]4CCCN(C(=O)OC(C)(C)C)C4)nc23)ccc1Oc1ccn2ncnc2c1. The molecule has 5 aromatic rings. The van der Waals surface area contributed by atoms with E-state index in [9.17, 15) is 4.79 Å². The summed E-state index contributed by atoms with van der Waals surface area (Å²) in [5.74, 6) is 2.70. The summed E-state index contributed by atoms with van der Waals surface area (Å²) in [7, 11) is 0. The molecule has 0 bridgehead atoms. The highest BCUT2D eigenvalue weighted by Gasteiger charge is 2.28. The van der Waals surface area contributed by atoms with Gasteiger partial charge in [0.05, 0.1) is 5.52 Å². The van der Waals surface area contributed by atoms with E-state index in [1.54, 1.807) is 9.42 Å². The smallest absolute Gasteiger partial charge is 0.410 e. The molecule has 4 aromatic heterocycles. The first kappa shape index (κ1) is 27.2. The Balaban J connectivity index is 1.16. The summed E-state index contributed by atoms with van der Waals surface area (Å²) in [5, 5.41) is 11.0. The Morgan fingerprint density at radius 2 is 1.93 bits per heavy atom. The number of anilines is 3. The Bertz CT molecular complexity index is 1750. The van der Waals surface area contributed by atoms with Crippen molar-refractivity contribution in [3.63, 3.8) is 0 Å². The van der Waals surface area contributed by atoms with E-state index < -0.39 is 5.60 Å². The Labute approximate surface area is 243 Å². The van der Waals surface area contributed by atoms with Crippen LogP contribution in [0.4, 0.5) is 22.1 Å². The summed E-state index contributed by atoms with van der Waals surface area (Å²) in [6.45, 7) is 8.85. The molecule has 0 radical (unpaired) electrons. The van der Waals surface area contributed by atoms with Gasteiger partial charge < -0.3 is 25.0 Å². The van der Waals surface area contributed by atoms with E-state index in [2.05, 4.69) is 30.7 Å². The predicted octanol–water partition coefficient (Wildman–Crippen LogP) is 5.72. The number of fused-ring (bicyclic) bond motifs is 2. The average molecular weight is 568 g/mol. The van der Waals surface area contributed by atoms with Crippen molar-refractivity contribution in [2.45, 2.75) is 52.2 Å². The zero-order chi connectivity index (χ0) is 29.3. The van der Waals surface area contributed by atoms with Gasteiger partial charge in [-0.25, -0.2) is 29.2 Å². The number of likely N-dealkylation sites (tertiary alicyclic amines) is 1. The average Bonchev–Trinajstić information content (AvgIpc) is 3.42. The number of pyridine rings is 2. The summed E-state index contributed by atoms with van der Waals surface area (Å²) in [4.78, 5) is 32.3. The van der Waals surface area contributed by atoms with Crippen LogP contribution in [0, 0.1) is 6.92 Å². The van der Waals surface area contributed by atoms with Gasteiger partial charge in [-0.3, -0.25) is 0 Å². The lowest BCUT2D eigenvalue weighted by molar-refractivity contribution is 0.0206. The molecule has 1 aliphatic heterocycles. The van der Waals surface area contributed by atoms with Gasteiger partial charge in [0.2, 0.25) is 0 Å². The van der Waals surface area contributed by atoms with Crippen LogP contribution in [0.2, 0.25) is 0 Å². The van der Waals surface area contributed by atoms with Crippen molar-refractivity contribution >= 4 is 40.1 Å². The van der Waals surface area contributed by atoms with E-state index in [1.807, 2.05) is 76.4 Å². The normalized spacial score (nSPS) is 15.5. The van der Waals surface area contributed by atoms with Crippen LogP contribution in [0.25, 0.3) is 16.7 Å². The van der Waals surface area contributed by atoms with Crippen LogP contribution in [0.15, 0.2) is 61.3 Å². The van der Waals surface area contributed by atoms with Crippen molar-refractivity contribution in [1.29, 1.82) is 0 Å². The van der Waals surface area contributed by atoms with Crippen molar-refractivity contribution in [3.8, 4) is 11.5 Å². The maximum Gasteiger partial charge on any atom is 0.410 e. The van der Waals surface area contributed by atoms with Gasteiger partial charge in [0.25, 0.3) is 0 Å². The molecule has 5 heterocycles. The van der Waals surface area contributed by atoms with Gasteiger partial charge in [0.1, 0.15) is 41.1 Å². The van der Waals surface area contributed by atoms with E-state index in [-0.39, 0.29) is 12.1 Å². The Morgan fingerprint density at radius 1 is 1.05 bits per heavy atom. The summed E-state index contributed by atoms with van der Waals surface area (Å²) in [6.07, 6.45) is 6.36. The monoisotopic (exact) mass is 567 g/mol. The zero-order valence-corrected chi connectivity index (χ0v) is 24.0. The van der Waals surface area contributed by atoms with E-state index in [0.29, 0.717) is 41.6 Å². The highest BCUT2D eigenvalue weighted by Crippen LogP contribution is 2.30. The molecule has 1 aromatic carbocycles. The molecule has 6 rings (SSSR count). The molecule has 0 spiro atoms. The van der Waals surface area contributed by atoms with Gasteiger partial charge >= 0.3 is 6.09 Å². The number of aryl methyl sites for hydroxylation is 1. The van der Waals surface area contributed by atoms with Crippen molar-refractivity contribution in [1.82, 2.24) is 34.4 Å². The number of carbonyl (C=O) groups is 1. The number of rotatable bonds is 6. The van der Waals surface area contributed by atoms with Crippen molar-refractivity contribution in [2.75, 3.05) is 23.7 Å². The first-order chi connectivity index (χ1) is 20.2. The third-order valence-corrected chi connectivity index (χ3v) is 6.82. The van der Waals surface area contributed by atoms with Crippen LogP contribution >= 0.6 is 0 Å². The molecule has 216 valence electrons. The quantitative estimate of drug-likeness (QED) is 0.262. The largest absolute Gasteiger partial charge is 0.457 e. The van der Waals surface area contributed by atoms with Gasteiger partial charge in [-0.05, 0) is 82.5 Å². The number of carbonyl (C=O) groups excluding carboxylic acids is 1. The fourth-order valence-corrected chi connectivity index (χ4v) is 4.87. The molecule has 12 heteroatoms. The lowest BCUT2D eigenvalue weighted by atomic mass is 10.1. The Kier molecular flexibility index (Phi) is 7.19. The molecule has 0 unspecified atom stereocenters. The van der Waals surface area contributed by atoms with Gasteiger partial charge in [-0.2, -0.15) is 5.10 Å². The first-order valence-electron chi connectivity index (χ1n) is 13.9. The minimum absolute atomic E-state index is 0.0536. The minimum atomic E-state index is -0.528. The molecule has 1 aliphatic rings. The van der Waals surface area contributed by atoms with Crippen LogP contribution < -0.4 is 15.4 Å². The fourth-order valence-electron chi connectivity index (χ4n) is 4.87. The van der Waals surface area contributed by atoms with Crippen molar-refractivity contribution < 1.29 is 14.3 Å². The summed E-state index contributed by atoms with van der Waals surface area (Å²) in [5.41, 5.74) is 3.33. The van der Waals surface area contributed by atoms with Gasteiger partial charge in [0.15, 0.2) is 11.5 Å². The first-order valence-corrected chi connectivity index (χ1v) is 13.9. The van der Waals surface area contributed by atoms with E-state index >= 15 is 0 Å². The van der Waals surface area contributed by atoms with Crippen LogP contribution in [0.1, 0.15) is 39.2 Å². The van der Waals surface area contributed by atoms with Crippen LogP contribution in [-0.2, 0) is 4.74 Å². The molecule has 12 nitrogen and oxygen atoms in total. The maximum absolute atomic E-state index is 12.6. The standard InChI is InChI=1S/C30H33N9O3/c1-19-14-20(7-9-24(19)41-22-11-13-39-26(15-22)32-18-34-39)36-28-27-23(31-17-33-28)8-10-25(37-27)35-21-6-5-12-38(16-21)29(40)42-30(2,3)4/h7-11,13-15,17-18,21H,5-6,12,16H2,1-4H3,(H,35,37)(H,31,33,36)/t21-/m1/s1. The molecule has 2 N–H and O–H groups in total.